The normalized spacial score (nSPS) is 11.0. The number of esters is 1. The Kier molecular flexibility index (Phi) is 7.42. The molecule has 0 heterocycles. The molecule has 1 N–H and O–H groups in total. The van der Waals surface area contributed by atoms with Crippen LogP contribution in [0, 0.1) is 5.41 Å². The molecule has 0 spiro atoms. The van der Waals surface area contributed by atoms with Gasteiger partial charge in [-0.05, 0) is 38.5 Å². The Bertz CT molecular complexity index is 658. The summed E-state index contributed by atoms with van der Waals surface area (Å²) in [5.41, 5.74) is -0.759. The maximum absolute atomic E-state index is 12.6. The minimum Gasteiger partial charge on any atom is -0.465 e. The number of hydrogen-bond donors (Lipinski definition) is 1. The number of nitrogens with zero attached hydrogens (tertiary/aromatic N) is 1. The van der Waals surface area contributed by atoms with Gasteiger partial charge >= 0.3 is 5.97 Å². The Labute approximate surface area is 153 Å². The van der Waals surface area contributed by atoms with Gasteiger partial charge in [0, 0.05) is 13.6 Å². The Hall–Kier alpha value is -2.08. The maximum Gasteiger partial charge on any atom is 0.337 e. The summed E-state index contributed by atoms with van der Waals surface area (Å²) in [4.78, 5) is 38.4. The molecule has 1 aromatic carbocycles. The number of hydrogen-bond acceptors (Lipinski definition) is 4. The summed E-state index contributed by atoms with van der Waals surface area (Å²) in [6.45, 7) is 5.74. The molecule has 25 heavy (non-hydrogen) atoms. The molecule has 1 rings (SSSR count). The summed E-state index contributed by atoms with van der Waals surface area (Å²) in [7, 11) is 2.95. The second-order valence-electron chi connectivity index (χ2n) is 6.35. The van der Waals surface area contributed by atoms with Gasteiger partial charge in [0.05, 0.1) is 23.4 Å². The summed E-state index contributed by atoms with van der Waals surface area (Å²) < 4.78 is 4.66. The molecule has 0 bridgehead atoms. The molecular formula is C18H25ClN2O4. The van der Waals surface area contributed by atoms with Crippen molar-refractivity contribution in [1.29, 1.82) is 0 Å². The predicted octanol–water partition coefficient (Wildman–Crippen LogP) is 3.35. The summed E-state index contributed by atoms with van der Waals surface area (Å²) in [5.74, 6) is -1.31. The van der Waals surface area contributed by atoms with E-state index in [0.717, 1.165) is 12.8 Å². The van der Waals surface area contributed by atoms with Crippen LogP contribution in [0.3, 0.4) is 0 Å². The van der Waals surface area contributed by atoms with Crippen LogP contribution in [0.2, 0.25) is 5.02 Å². The van der Waals surface area contributed by atoms with E-state index < -0.39 is 17.3 Å². The third kappa shape index (κ3) is 5.19. The van der Waals surface area contributed by atoms with Gasteiger partial charge in [-0.2, -0.15) is 0 Å². The Balaban J connectivity index is 2.96. The van der Waals surface area contributed by atoms with Crippen molar-refractivity contribution in [2.24, 2.45) is 5.41 Å². The Morgan fingerprint density at radius 2 is 1.92 bits per heavy atom. The van der Waals surface area contributed by atoms with Crippen LogP contribution < -0.4 is 5.32 Å². The van der Waals surface area contributed by atoms with Crippen LogP contribution in [0.4, 0.5) is 5.69 Å². The van der Waals surface area contributed by atoms with Crippen molar-refractivity contribution in [1.82, 2.24) is 4.90 Å². The predicted molar refractivity (Wildman–Crippen MR) is 97.7 cm³/mol. The van der Waals surface area contributed by atoms with Gasteiger partial charge in [0.25, 0.3) is 0 Å². The molecule has 138 valence electrons. The van der Waals surface area contributed by atoms with Gasteiger partial charge in [0.15, 0.2) is 0 Å². The average molecular weight is 369 g/mol. The average Bonchev–Trinajstić information content (AvgIpc) is 2.59. The van der Waals surface area contributed by atoms with Crippen molar-refractivity contribution < 1.29 is 19.1 Å². The van der Waals surface area contributed by atoms with E-state index in [-0.39, 0.29) is 22.2 Å². The molecule has 1 aromatic rings. The lowest BCUT2D eigenvalue weighted by molar-refractivity contribution is -0.145. The third-order valence-electron chi connectivity index (χ3n) is 3.93. The fraction of sp³-hybridized carbons (Fsp3) is 0.500. The van der Waals surface area contributed by atoms with Crippen molar-refractivity contribution in [3.8, 4) is 0 Å². The lowest BCUT2D eigenvalue weighted by Crippen LogP contribution is -2.46. The van der Waals surface area contributed by atoms with Crippen LogP contribution in [0.25, 0.3) is 0 Å². The number of carbonyl (C=O) groups is 3. The zero-order chi connectivity index (χ0) is 19.2. The number of ether oxygens (including phenoxy) is 1. The highest BCUT2D eigenvalue weighted by molar-refractivity contribution is 6.34. The van der Waals surface area contributed by atoms with Crippen LogP contribution in [-0.2, 0) is 14.3 Å². The molecular weight excluding hydrogens is 344 g/mol. The number of nitrogens with one attached hydrogen (secondary N) is 1. The monoisotopic (exact) mass is 368 g/mol. The standard InChI is InChI=1S/C18H25ClN2O4/c1-6-7-10-21(4)17(24)18(2,3)16(23)20-14-11-12(15(22)25-5)8-9-13(14)19/h8-9,11H,6-7,10H2,1-5H3,(H,20,23). The molecule has 0 saturated heterocycles. The number of benzene rings is 1. The van der Waals surface area contributed by atoms with Gasteiger partial charge < -0.3 is 15.0 Å². The molecule has 7 heteroatoms. The number of rotatable bonds is 7. The highest BCUT2D eigenvalue weighted by atomic mass is 35.5. The molecule has 0 unspecified atom stereocenters. The van der Waals surface area contributed by atoms with E-state index in [0.29, 0.717) is 6.54 Å². The maximum atomic E-state index is 12.6. The van der Waals surface area contributed by atoms with E-state index >= 15 is 0 Å². The SMILES string of the molecule is CCCCN(C)C(=O)C(C)(C)C(=O)Nc1cc(C(=O)OC)ccc1Cl. The second-order valence-corrected chi connectivity index (χ2v) is 6.75. The smallest absolute Gasteiger partial charge is 0.337 e. The van der Waals surface area contributed by atoms with Crippen LogP contribution >= 0.6 is 11.6 Å². The summed E-state index contributed by atoms with van der Waals surface area (Å²) in [6.07, 6.45) is 1.83. The Morgan fingerprint density at radius 3 is 2.48 bits per heavy atom. The summed E-state index contributed by atoms with van der Waals surface area (Å²) in [6, 6.07) is 4.41. The number of methoxy groups -OCH3 is 1. The van der Waals surface area contributed by atoms with Crippen molar-refractivity contribution in [2.45, 2.75) is 33.6 Å². The second kappa shape index (κ2) is 8.85. The highest BCUT2D eigenvalue weighted by Crippen LogP contribution is 2.27. The fourth-order valence-corrected chi connectivity index (χ4v) is 2.38. The molecule has 0 aromatic heterocycles. The number of amides is 2. The van der Waals surface area contributed by atoms with Gasteiger partial charge in [-0.3, -0.25) is 9.59 Å². The number of carbonyl (C=O) groups excluding carboxylic acids is 3. The Morgan fingerprint density at radius 1 is 1.28 bits per heavy atom. The molecule has 0 fully saturated rings. The van der Waals surface area contributed by atoms with Gasteiger partial charge in [0.2, 0.25) is 11.8 Å². The van der Waals surface area contributed by atoms with Gasteiger partial charge in [-0.15, -0.1) is 0 Å². The van der Waals surface area contributed by atoms with Crippen LogP contribution in [-0.4, -0.2) is 43.4 Å². The van der Waals surface area contributed by atoms with E-state index in [4.69, 9.17) is 11.6 Å². The van der Waals surface area contributed by atoms with E-state index in [1.807, 2.05) is 6.92 Å². The molecule has 0 aliphatic rings. The van der Waals surface area contributed by atoms with Crippen LogP contribution in [0.1, 0.15) is 44.0 Å². The molecule has 2 amide bonds. The minimum absolute atomic E-state index is 0.256. The van der Waals surface area contributed by atoms with Crippen molar-refractivity contribution in [3.63, 3.8) is 0 Å². The number of anilines is 1. The van der Waals surface area contributed by atoms with Crippen molar-refractivity contribution in [3.05, 3.63) is 28.8 Å². The lowest BCUT2D eigenvalue weighted by atomic mass is 9.90. The molecule has 0 aliphatic carbocycles. The van der Waals surface area contributed by atoms with E-state index in [9.17, 15) is 14.4 Å². The lowest BCUT2D eigenvalue weighted by Gasteiger charge is -2.28. The topological polar surface area (TPSA) is 75.7 Å². The van der Waals surface area contributed by atoms with E-state index in [1.165, 1.54) is 25.3 Å². The highest BCUT2D eigenvalue weighted by Gasteiger charge is 2.38. The first-order valence-corrected chi connectivity index (χ1v) is 8.47. The van der Waals surface area contributed by atoms with Gasteiger partial charge in [-0.1, -0.05) is 24.9 Å². The molecule has 6 nitrogen and oxygen atoms in total. The molecule has 0 atom stereocenters. The minimum atomic E-state index is -1.27. The van der Waals surface area contributed by atoms with Gasteiger partial charge in [0.1, 0.15) is 5.41 Å². The van der Waals surface area contributed by atoms with E-state index in [1.54, 1.807) is 25.8 Å². The summed E-state index contributed by atoms with van der Waals surface area (Å²) >= 11 is 6.09. The first-order chi connectivity index (χ1) is 11.6. The number of unbranched alkanes of at least 4 members (excludes halogenated alkanes) is 1. The van der Waals surface area contributed by atoms with Crippen LogP contribution in [0.5, 0.6) is 0 Å². The zero-order valence-corrected chi connectivity index (χ0v) is 16.1. The quantitative estimate of drug-likeness (QED) is 0.591. The van der Waals surface area contributed by atoms with Crippen molar-refractivity contribution >= 4 is 35.1 Å². The third-order valence-corrected chi connectivity index (χ3v) is 4.26. The largest absolute Gasteiger partial charge is 0.465 e. The zero-order valence-electron chi connectivity index (χ0n) is 15.3. The first kappa shape index (κ1) is 21.0. The molecule has 0 saturated carbocycles. The van der Waals surface area contributed by atoms with Crippen molar-refractivity contribution in [2.75, 3.05) is 26.0 Å². The van der Waals surface area contributed by atoms with E-state index in [2.05, 4.69) is 10.1 Å². The number of halogens is 1. The molecule has 0 aliphatic heterocycles. The molecule has 0 radical (unpaired) electrons. The summed E-state index contributed by atoms with van der Waals surface area (Å²) in [5, 5.41) is 2.90. The van der Waals surface area contributed by atoms with Gasteiger partial charge in [-0.25, -0.2) is 4.79 Å². The van der Waals surface area contributed by atoms with Crippen LogP contribution in [0.15, 0.2) is 18.2 Å². The first-order valence-electron chi connectivity index (χ1n) is 8.10. The fourth-order valence-electron chi connectivity index (χ4n) is 2.22.